The van der Waals surface area contributed by atoms with Crippen LogP contribution in [0.25, 0.3) is 11.5 Å². The van der Waals surface area contributed by atoms with Gasteiger partial charge < -0.3 is 13.9 Å². The second-order valence-electron chi connectivity index (χ2n) is 7.32. The molecule has 0 atom stereocenters. The fourth-order valence-corrected chi connectivity index (χ4v) is 4.61. The fourth-order valence-electron chi connectivity index (χ4n) is 3.23. The van der Waals surface area contributed by atoms with Gasteiger partial charge in [-0.1, -0.05) is 17.3 Å². The number of hydrogen-bond donors (Lipinski definition) is 1. The van der Waals surface area contributed by atoms with Gasteiger partial charge in [-0.15, -0.1) is 18.3 Å². The zero-order valence-electron chi connectivity index (χ0n) is 20.1. The zero-order valence-corrected chi connectivity index (χ0v) is 21.0. The molecule has 1 N–H and O–H groups in total. The van der Waals surface area contributed by atoms with Crippen molar-refractivity contribution < 1.29 is 27.1 Å². The van der Waals surface area contributed by atoms with E-state index in [9.17, 15) is 13.2 Å². The minimum absolute atomic E-state index is 0.0448. The van der Waals surface area contributed by atoms with E-state index < -0.39 is 15.9 Å². The van der Waals surface area contributed by atoms with Crippen LogP contribution in [0.3, 0.4) is 0 Å². The van der Waals surface area contributed by atoms with E-state index in [0.717, 1.165) is 0 Å². The van der Waals surface area contributed by atoms with Gasteiger partial charge in [-0.05, 0) is 56.3 Å². The first kappa shape index (κ1) is 26.6. The van der Waals surface area contributed by atoms with E-state index in [4.69, 9.17) is 13.9 Å². The summed E-state index contributed by atoms with van der Waals surface area (Å²) in [6.07, 6.45) is 2.99. The van der Waals surface area contributed by atoms with Crippen LogP contribution >= 0.6 is 0 Å². The summed E-state index contributed by atoms with van der Waals surface area (Å²) < 4.78 is 43.6. The topological polar surface area (TPSA) is 124 Å². The summed E-state index contributed by atoms with van der Waals surface area (Å²) in [5.41, 5.74) is 0.806. The minimum Gasteiger partial charge on any atom is -0.490 e. The minimum atomic E-state index is -3.77. The lowest BCUT2D eigenvalue weighted by atomic mass is 10.2. The number of sulfonamides is 1. The van der Waals surface area contributed by atoms with Gasteiger partial charge in [0.05, 0.1) is 18.1 Å². The van der Waals surface area contributed by atoms with Crippen molar-refractivity contribution in [3.05, 3.63) is 73.3 Å². The van der Waals surface area contributed by atoms with Crippen LogP contribution < -0.4 is 14.8 Å². The Bertz CT molecular complexity index is 1310. The van der Waals surface area contributed by atoms with Crippen LogP contribution in [0.4, 0.5) is 6.01 Å². The molecule has 0 aliphatic rings. The third-order valence-electron chi connectivity index (χ3n) is 4.86. The number of amides is 1. The van der Waals surface area contributed by atoms with Gasteiger partial charge in [0.25, 0.3) is 5.91 Å². The molecule has 190 valence electrons. The molecule has 0 saturated heterocycles. The molecule has 2 aromatic carbocycles. The molecular weight excluding hydrogens is 484 g/mol. The summed E-state index contributed by atoms with van der Waals surface area (Å²) in [4.78, 5) is 12.7. The van der Waals surface area contributed by atoms with Crippen molar-refractivity contribution in [2.75, 3.05) is 31.6 Å². The Hall–Kier alpha value is -3.96. The highest BCUT2D eigenvalue weighted by Crippen LogP contribution is 2.33. The molecule has 0 fully saturated rings. The molecule has 11 heteroatoms. The second kappa shape index (κ2) is 12.1. The van der Waals surface area contributed by atoms with Crippen molar-refractivity contribution in [1.29, 1.82) is 0 Å². The smallest absolute Gasteiger partial charge is 0.322 e. The van der Waals surface area contributed by atoms with Gasteiger partial charge in [0.2, 0.25) is 15.9 Å². The Morgan fingerprint density at radius 2 is 1.64 bits per heavy atom. The molecule has 36 heavy (non-hydrogen) atoms. The third kappa shape index (κ3) is 6.18. The molecular formula is C25H28N4O6S. The number of carbonyl (C=O) groups excluding carboxylic acids is 1. The van der Waals surface area contributed by atoms with E-state index in [2.05, 4.69) is 28.7 Å². The number of nitrogens with zero attached hydrogens (tertiary/aromatic N) is 3. The number of anilines is 1. The maximum absolute atomic E-state index is 12.8. The molecule has 10 nitrogen and oxygen atoms in total. The van der Waals surface area contributed by atoms with Crippen molar-refractivity contribution >= 4 is 21.9 Å². The average Bonchev–Trinajstić information content (AvgIpc) is 3.33. The molecule has 0 bridgehead atoms. The highest BCUT2D eigenvalue weighted by molar-refractivity contribution is 7.89. The summed E-state index contributed by atoms with van der Waals surface area (Å²) in [6, 6.07) is 10.6. The molecule has 0 aliphatic heterocycles. The largest absolute Gasteiger partial charge is 0.490 e. The molecule has 0 spiro atoms. The van der Waals surface area contributed by atoms with E-state index in [-0.39, 0.29) is 35.5 Å². The first-order valence-electron chi connectivity index (χ1n) is 11.2. The first-order valence-corrected chi connectivity index (χ1v) is 12.6. The first-order chi connectivity index (χ1) is 17.3. The SMILES string of the molecule is C=CCN(CC=C)S(=O)(=O)c1ccc(C(=O)Nc2nnc(-c3ccc(OCC)c(OCC)c3)o2)cc1. The van der Waals surface area contributed by atoms with Gasteiger partial charge in [0, 0.05) is 24.2 Å². The lowest BCUT2D eigenvalue weighted by Gasteiger charge is -2.19. The quantitative estimate of drug-likeness (QED) is 0.339. The van der Waals surface area contributed by atoms with Crippen LogP contribution in [0, 0.1) is 0 Å². The van der Waals surface area contributed by atoms with Crippen molar-refractivity contribution in [1.82, 2.24) is 14.5 Å². The highest BCUT2D eigenvalue weighted by atomic mass is 32.2. The maximum atomic E-state index is 12.8. The Balaban J connectivity index is 1.74. The summed E-state index contributed by atoms with van der Waals surface area (Å²) >= 11 is 0. The van der Waals surface area contributed by atoms with Crippen molar-refractivity contribution in [3.8, 4) is 23.0 Å². The molecule has 3 aromatic rings. The van der Waals surface area contributed by atoms with E-state index >= 15 is 0 Å². The van der Waals surface area contributed by atoms with Crippen LogP contribution in [-0.4, -0.2) is 55.1 Å². The van der Waals surface area contributed by atoms with Gasteiger partial charge in [-0.2, -0.15) is 4.31 Å². The Morgan fingerprint density at radius 3 is 2.25 bits per heavy atom. The molecule has 1 amide bonds. The summed E-state index contributed by atoms with van der Waals surface area (Å²) in [5.74, 6) is 0.777. The Morgan fingerprint density at radius 1 is 1.00 bits per heavy atom. The van der Waals surface area contributed by atoms with Crippen LogP contribution in [0.15, 0.2) is 77.1 Å². The number of rotatable bonds is 13. The van der Waals surface area contributed by atoms with Crippen molar-refractivity contribution in [2.45, 2.75) is 18.7 Å². The Kier molecular flexibility index (Phi) is 8.98. The van der Waals surface area contributed by atoms with Gasteiger partial charge >= 0.3 is 6.01 Å². The number of nitrogens with one attached hydrogen (secondary N) is 1. The summed E-state index contributed by atoms with van der Waals surface area (Å²) in [6.45, 7) is 12.1. The van der Waals surface area contributed by atoms with Crippen LogP contribution in [0.1, 0.15) is 24.2 Å². The predicted octanol–water partition coefficient (Wildman–Crippen LogP) is 4.15. The molecule has 0 unspecified atom stereocenters. The predicted molar refractivity (Wildman–Crippen MR) is 136 cm³/mol. The molecule has 1 heterocycles. The number of benzene rings is 2. The normalized spacial score (nSPS) is 11.2. The molecule has 0 radical (unpaired) electrons. The van der Waals surface area contributed by atoms with Crippen LogP contribution in [-0.2, 0) is 10.0 Å². The monoisotopic (exact) mass is 512 g/mol. The number of carbonyl (C=O) groups is 1. The number of aromatic nitrogens is 2. The number of hydrogen-bond acceptors (Lipinski definition) is 8. The lowest BCUT2D eigenvalue weighted by molar-refractivity contribution is 0.102. The van der Waals surface area contributed by atoms with Gasteiger partial charge in [0.1, 0.15) is 0 Å². The van der Waals surface area contributed by atoms with E-state index in [0.29, 0.717) is 30.3 Å². The highest BCUT2D eigenvalue weighted by Gasteiger charge is 2.23. The van der Waals surface area contributed by atoms with E-state index in [1.165, 1.54) is 40.7 Å². The summed E-state index contributed by atoms with van der Waals surface area (Å²) in [5, 5.41) is 10.4. The molecule has 0 saturated carbocycles. The summed E-state index contributed by atoms with van der Waals surface area (Å²) in [7, 11) is -3.77. The fraction of sp³-hybridized carbons (Fsp3) is 0.240. The van der Waals surface area contributed by atoms with Gasteiger partial charge in [0.15, 0.2) is 11.5 Å². The van der Waals surface area contributed by atoms with Crippen LogP contribution in [0.5, 0.6) is 11.5 Å². The van der Waals surface area contributed by atoms with Crippen molar-refractivity contribution in [3.63, 3.8) is 0 Å². The van der Waals surface area contributed by atoms with Gasteiger partial charge in [-0.3, -0.25) is 10.1 Å². The van der Waals surface area contributed by atoms with Crippen LogP contribution in [0.2, 0.25) is 0 Å². The zero-order chi connectivity index (χ0) is 26.1. The van der Waals surface area contributed by atoms with E-state index in [1.807, 2.05) is 13.8 Å². The average molecular weight is 513 g/mol. The second-order valence-corrected chi connectivity index (χ2v) is 9.26. The third-order valence-corrected chi connectivity index (χ3v) is 6.70. The van der Waals surface area contributed by atoms with Gasteiger partial charge in [-0.25, -0.2) is 8.42 Å². The van der Waals surface area contributed by atoms with E-state index in [1.54, 1.807) is 18.2 Å². The maximum Gasteiger partial charge on any atom is 0.322 e. The standard InChI is InChI=1S/C25H28N4O6S/c1-5-15-29(16-6-2)36(31,32)20-12-9-18(10-13-20)23(30)26-25-28-27-24(35-25)19-11-14-21(33-7-3)22(17-19)34-8-4/h5-6,9-14,17H,1-2,7-8,15-16H2,3-4H3,(H,26,28,30). The van der Waals surface area contributed by atoms with Crippen molar-refractivity contribution in [2.24, 2.45) is 0 Å². The Labute approximate surface area is 210 Å². The molecule has 1 aromatic heterocycles. The lowest BCUT2D eigenvalue weighted by Crippen LogP contribution is -2.31. The molecule has 3 rings (SSSR count). The molecule has 0 aliphatic carbocycles. The number of ether oxygens (including phenoxy) is 2.